The van der Waals surface area contributed by atoms with E-state index in [1.54, 1.807) is 0 Å². The molecule has 2 fully saturated rings. The first kappa shape index (κ1) is 27.1. The SMILES string of the molecule is COS(=O)(=S)CCNC(=O)[C@H](N)CCCCNC(=O)CCCC[C@@H]1SC[C@H]2NC(=O)N[C@H]12. The number of unbranched alkanes of at least 4 members (excludes halogenated alkanes) is 2. The summed E-state index contributed by atoms with van der Waals surface area (Å²) in [6, 6.07) is -0.275. The van der Waals surface area contributed by atoms with Gasteiger partial charge >= 0.3 is 6.03 Å². The normalized spacial score (nSPS) is 24.7. The van der Waals surface area contributed by atoms with E-state index in [2.05, 4.69) is 25.5 Å². The monoisotopic (exact) mass is 509 g/mol. The van der Waals surface area contributed by atoms with E-state index in [9.17, 15) is 18.6 Å². The van der Waals surface area contributed by atoms with Crippen LogP contribution in [0.2, 0.25) is 0 Å². The van der Waals surface area contributed by atoms with Gasteiger partial charge in [-0.2, -0.15) is 11.8 Å². The van der Waals surface area contributed by atoms with Gasteiger partial charge in [0.25, 0.3) is 0 Å². The number of carbonyl (C=O) groups is 3. The lowest BCUT2D eigenvalue weighted by atomic mass is 10.0. The summed E-state index contributed by atoms with van der Waals surface area (Å²) in [5, 5.41) is 11.9. The lowest BCUT2D eigenvalue weighted by molar-refractivity contribution is -0.123. The fourth-order valence-electron chi connectivity index (χ4n) is 3.72. The fraction of sp³-hybridized carbons (Fsp3) is 0.842. The average Bonchev–Trinajstić information content (AvgIpc) is 3.29. The Balaban J connectivity index is 1.44. The maximum Gasteiger partial charge on any atom is 0.315 e. The summed E-state index contributed by atoms with van der Waals surface area (Å²) in [7, 11) is -1.49. The van der Waals surface area contributed by atoms with Gasteiger partial charge in [-0.1, -0.05) is 6.42 Å². The van der Waals surface area contributed by atoms with Gasteiger partial charge in [0.05, 0.1) is 31.0 Å². The van der Waals surface area contributed by atoms with Crippen molar-refractivity contribution in [2.24, 2.45) is 5.73 Å². The number of rotatable bonds is 15. The van der Waals surface area contributed by atoms with E-state index in [1.807, 2.05) is 11.8 Å². The molecule has 0 aromatic carbocycles. The van der Waals surface area contributed by atoms with Gasteiger partial charge in [0.1, 0.15) is 8.77 Å². The zero-order valence-corrected chi connectivity index (χ0v) is 20.9. The Kier molecular flexibility index (Phi) is 11.5. The van der Waals surface area contributed by atoms with Gasteiger partial charge in [0.2, 0.25) is 11.8 Å². The van der Waals surface area contributed by atoms with Gasteiger partial charge in [0.15, 0.2) is 0 Å². The molecule has 6 N–H and O–H groups in total. The molecule has 2 aliphatic heterocycles. The molecule has 1 unspecified atom stereocenters. The van der Waals surface area contributed by atoms with Crippen molar-refractivity contribution in [2.75, 3.05) is 31.7 Å². The van der Waals surface area contributed by atoms with Crippen molar-refractivity contribution in [3.8, 4) is 0 Å². The molecule has 2 heterocycles. The molecule has 0 aromatic rings. The number of nitrogens with one attached hydrogen (secondary N) is 4. The molecule has 0 bridgehead atoms. The molecule has 2 saturated heterocycles. The van der Waals surface area contributed by atoms with E-state index in [1.165, 1.54) is 7.11 Å². The highest BCUT2D eigenvalue weighted by molar-refractivity contribution is 8.30. The van der Waals surface area contributed by atoms with Gasteiger partial charge in [-0.3, -0.25) is 13.8 Å². The van der Waals surface area contributed by atoms with Crippen LogP contribution >= 0.6 is 11.8 Å². The molecular weight excluding hydrogens is 474 g/mol. The number of urea groups is 1. The molecule has 5 atom stereocenters. The number of nitrogens with two attached hydrogens (primary N) is 1. The van der Waals surface area contributed by atoms with Crippen LogP contribution in [0.25, 0.3) is 0 Å². The summed E-state index contributed by atoms with van der Waals surface area (Å²) >= 11 is 6.62. The Morgan fingerprint density at radius 1 is 1.25 bits per heavy atom. The second-order valence-electron chi connectivity index (χ2n) is 8.04. The topological polar surface area (TPSA) is 152 Å². The van der Waals surface area contributed by atoms with Crippen LogP contribution in [0.3, 0.4) is 0 Å². The molecule has 2 aliphatic rings. The molecule has 0 aliphatic carbocycles. The summed E-state index contributed by atoms with van der Waals surface area (Å²) in [5.41, 5.74) is 5.86. The second kappa shape index (κ2) is 13.5. The van der Waals surface area contributed by atoms with Crippen molar-refractivity contribution in [1.82, 2.24) is 21.3 Å². The van der Waals surface area contributed by atoms with Crippen molar-refractivity contribution in [1.29, 1.82) is 0 Å². The highest BCUT2D eigenvalue weighted by Crippen LogP contribution is 2.33. The maximum absolute atomic E-state index is 12.0. The van der Waals surface area contributed by atoms with E-state index < -0.39 is 14.8 Å². The molecule has 0 radical (unpaired) electrons. The summed E-state index contributed by atoms with van der Waals surface area (Å²) in [6.45, 7) is 0.712. The van der Waals surface area contributed by atoms with Gasteiger partial charge in [-0.05, 0) is 32.1 Å². The molecule has 184 valence electrons. The van der Waals surface area contributed by atoms with Crippen LogP contribution in [0.15, 0.2) is 0 Å². The van der Waals surface area contributed by atoms with Gasteiger partial charge in [-0.25, -0.2) is 9.00 Å². The van der Waals surface area contributed by atoms with Crippen LogP contribution in [0.1, 0.15) is 44.9 Å². The van der Waals surface area contributed by atoms with E-state index in [0.717, 1.165) is 31.4 Å². The van der Waals surface area contributed by atoms with Crippen LogP contribution in [0.4, 0.5) is 4.79 Å². The van der Waals surface area contributed by atoms with Crippen LogP contribution in [-0.4, -0.2) is 77.1 Å². The smallest absolute Gasteiger partial charge is 0.315 e. The number of amides is 4. The van der Waals surface area contributed by atoms with Crippen molar-refractivity contribution in [2.45, 2.75) is 68.3 Å². The minimum atomic E-state index is -2.77. The second-order valence-corrected chi connectivity index (χ2v) is 12.7. The van der Waals surface area contributed by atoms with E-state index in [-0.39, 0.29) is 42.2 Å². The van der Waals surface area contributed by atoms with Gasteiger partial charge < -0.3 is 27.0 Å². The highest BCUT2D eigenvalue weighted by Gasteiger charge is 2.42. The number of hydrogen-bond acceptors (Lipinski definition) is 8. The first-order valence-corrected chi connectivity index (χ1v) is 14.6. The summed E-state index contributed by atoms with van der Waals surface area (Å²) in [4.78, 5) is 35.3. The Labute approximate surface area is 199 Å². The fourth-order valence-corrected chi connectivity index (χ4v) is 6.04. The summed E-state index contributed by atoms with van der Waals surface area (Å²) < 4.78 is 16.2. The zero-order valence-electron chi connectivity index (χ0n) is 18.4. The minimum absolute atomic E-state index is 0.0329. The van der Waals surface area contributed by atoms with Crippen LogP contribution < -0.4 is 27.0 Å². The Bertz CT molecular complexity index is 752. The molecule has 2 rings (SSSR count). The molecule has 32 heavy (non-hydrogen) atoms. The Morgan fingerprint density at radius 3 is 2.78 bits per heavy atom. The Morgan fingerprint density at radius 2 is 2.03 bits per heavy atom. The predicted molar refractivity (Wildman–Crippen MR) is 129 cm³/mol. The first-order chi connectivity index (χ1) is 15.2. The lowest BCUT2D eigenvalue weighted by Crippen LogP contribution is -2.42. The highest BCUT2D eigenvalue weighted by atomic mass is 32.8. The number of hydrogen-bond donors (Lipinski definition) is 5. The van der Waals surface area contributed by atoms with Gasteiger partial charge in [-0.15, -0.1) is 0 Å². The summed E-state index contributed by atoms with van der Waals surface area (Å²) in [5.74, 6) is 0.738. The van der Waals surface area contributed by atoms with Crippen LogP contribution in [0.5, 0.6) is 0 Å². The summed E-state index contributed by atoms with van der Waals surface area (Å²) in [6.07, 6.45) is 5.23. The molecular formula is C19H35N5O5S3. The quantitative estimate of drug-likeness (QED) is 0.150. The van der Waals surface area contributed by atoms with Crippen molar-refractivity contribution in [3.05, 3.63) is 0 Å². The van der Waals surface area contributed by atoms with Crippen molar-refractivity contribution < 1.29 is 22.8 Å². The molecule has 0 spiro atoms. The maximum atomic E-state index is 12.0. The molecule has 0 saturated carbocycles. The average molecular weight is 510 g/mol. The third-order valence-electron chi connectivity index (χ3n) is 5.59. The largest absolute Gasteiger partial charge is 0.356 e. The molecule has 4 amide bonds. The molecule has 10 nitrogen and oxygen atoms in total. The van der Waals surface area contributed by atoms with Gasteiger partial charge in [0, 0.05) is 41.7 Å². The molecule has 13 heteroatoms. The van der Waals surface area contributed by atoms with E-state index in [4.69, 9.17) is 16.9 Å². The number of thioether (sulfide) groups is 1. The third-order valence-corrected chi connectivity index (χ3v) is 9.22. The lowest BCUT2D eigenvalue weighted by Gasteiger charge is -2.16. The van der Waals surface area contributed by atoms with Crippen molar-refractivity contribution in [3.63, 3.8) is 0 Å². The van der Waals surface area contributed by atoms with E-state index in [0.29, 0.717) is 31.1 Å². The van der Waals surface area contributed by atoms with E-state index >= 15 is 0 Å². The third kappa shape index (κ3) is 9.38. The standard InChI is InChI=1S/C19H35N5O5S3/c1-29-32(28,30)11-10-22-18(26)13(20)6-4-5-9-21-16(25)8-3-2-7-15-17-14(12-31-15)23-19(27)24-17/h13-15,17H,2-12,20H2,1H3,(H,21,25)(H,22,26)(H2,23,24,27)/t13-,14-,15+,17+,32?/m1/s1. The van der Waals surface area contributed by atoms with Crippen LogP contribution in [0, 0.1) is 0 Å². The zero-order chi connectivity index (χ0) is 23.6. The first-order valence-electron chi connectivity index (χ1n) is 11.0. The van der Waals surface area contributed by atoms with Crippen LogP contribution in [-0.2, 0) is 33.7 Å². The number of carbonyl (C=O) groups excluding carboxylic acids is 3. The number of fused-ring (bicyclic) bond motifs is 1. The minimum Gasteiger partial charge on any atom is -0.356 e. The predicted octanol–water partition coefficient (Wildman–Crippen LogP) is -0.250. The van der Waals surface area contributed by atoms with Crippen molar-refractivity contribution >= 4 is 49.6 Å². The molecule has 0 aromatic heterocycles. The Hall–Kier alpha value is -1.15.